The van der Waals surface area contributed by atoms with E-state index in [-0.39, 0.29) is 36.9 Å². The fourth-order valence-corrected chi connectivity index (χ4v) is 4.79. The molecule has 0 bridgehead atoms. The second-order valence-electron chi connectivity index (χ2n) is 8.59. The van der Waals surface area contributed by atoms with E-state index in [9.17, 15) is 18.3 Å². The van der Waals surface area contributed by atoms with Crippen molar-refractivity contribution in [1.29, 1.82) is 0 Å². The van der Waals surface area contributed by atoms with Gasteiger partial charge in [0.15, 0.2) is 0 Å². The van der Waals surface area contributed by atoms with Gasteiger partial charge < -0.3 is 15.3 Å². The molecule has 2 unspecified atom stereocenters. The van der Waals surface area contributed by atoms with E-state index in [0.29, 0.717) is 22.2 Å². The van der Waals surface area contributed by atoms with Crippen LogP contribution in [0.4, 0.5) is 30.6 Å². The highest BCUT2D eigenvalue weighted by Gasteiger charge is 2.40. The van der Waals surface area contributed by atoms with Crippen LogP contribution in [0.25, 0.3) is 0 Å². The SMILES string of the molecule is OCC1CCCCC1N(Cc1ccccc1)c1nc(Nc2ccc(Cl)c(Cl)c2)ncc1C(F)(F)F. The van der Waals surface area contributed by atoms with Crippen molar-refractivity contribution in [3.63, 3.8) is 0 Å². The largest absolute Gasteiger partial charge is 0.421 e. The molecule has 10 heteroatoms. The van der Waals surface area contributed by atoms with E-state index in [1.54, 1.807) is 23.1 Å². The summed E-state index contributed by atoms with van der Waals surface area (Å²) in [4.78, 5) is 9.97. The zero-order valence-electron chi connectivity index (χ0n) is 18.8. The zero-order valence-corrected chi connectivity index (χ0v) is 20.3. The average molecular weight is 525 g/mol. The Morgan fingerprint density at radius 2 is 1.77 bits per heavy atom. The van der Waals surface area contributed by atoms with E-state index >= 15 is 0 Å². The van der Waals surface area contributed by atoms with Crippen LogP contribution in [-0.4, -0.2) is 27.7 Å². The van der Waals surface area contributed by atoms with Gasteiger partial charge in [0.2, 0.25) is 5.95 Å². The van der Waals surface area contributed by atoms with Gasteiger partial charge in [0.1, 0.15) is 11.4 Å². The van der Waals surface area contributed by atoms with Crippen molar-refractivity contribution in [1.82, 2.24) is 9.97 Å². The van der Waals surface area contributed by atoms with E-state index in [0.717, 1.165) is 31.0 Å². The minimum Gasteiger partial charge on any atom is -0.396 e. The molecular weight excluding hydrogens is 500 g/mol. The monoisotopic (exact) mass is 524 g/mol. The minimum atomic E-state index is -4.66. The number of nitrogens with zero attached hydrogens (tertiary/aromatic N) is 3. The summed E-state index contributed by atoms with van der Waals surface area (Å²) in [5.74, 6) is -0.375. The molecule has 5 nitrogen and oxygen atoms in total. The predicted octanol–water partition coefficient (Wildman–Crippen LogP) is 7.10. The molecule has 0 amide bonds. The molecular formula is C25H25Cl2F3N4O. The van der Waals surface area contributed by atoms with Gasteiger partial charge in [-0.3, -0.25) is 0 Å². The quantitative estimate of drug-likeness (QED) is 0.345. The summed E-state index contributed by atoms with van der Waals surface area (Å²) in [5, 5.41) is 13.6. The highest BCUT2D eigenvalue weighted by molar-refractivity contribution is 6.42. The zero-order chi connectivity index (χ0) is 25.0. The van der Waals surface area contributed by atoms with E-state index in [1.165, 1.54) is 0 Å². The normalized spacial score (nSPS) is 18.3. The molecule has 35 heavy (non-hydrogen) atoms. The Labute approximate surface area is 211 Å². The van der Waals surface area contributed by atoms with Gasteiger partial charge >= 0.3 is 6.18 Å². The third kappa shape index (κ3) is 6.18. The van der Waals surface area contributed by atoms with Gasteiger partial charge in [0.05, 0.1) is 10.0 Å². The van der Waals surface area contributed by atoms with Crippen molar-refractivity contribution in [3.8, 4) is 0 Å². The molecule has 1 aliphatic carbocycles. The second-order valence-corrected chi connectivity index (χ2v) is 9.40. The van der Waals surface area contributed by atoms with Crippen LogP contribution in [0.3, 0.4) is 0 Å². The van der Waals surface area contributed by atoms with Gasteiger partial charge in [0, 0.05) is 37.0 Å². The van der Waals surface area contributed by atoms with Gasteiger partial charge in [-0.25, -0.2) is 4.98 Å². The summed E-state index contributed by atoms with van der Waals surface area (Å²) in [5.41, 5.74) is 0.418. The molecule has 186 valence electrons. The standard InChI is InChI=1S/C25H25Cl2F3N4O/c26-20-11-10-18(12-21(20)27)32-24-31-13-19(25(28,29)30)23(33-24)34(14-16-6-2-1-3-7-16)22-9-5-4-8-17(22)15-35/h1-3,6-7,10-13,17,22,35H,4-5,8-9,14-15H2,(H,31,32,33). The lowest BCUT2D eigenvalue weighted by Gasteiger charge is -2.41. The second kappa shape index (κ2) is 11.0. The fraction of sp³-hybridized carbons (Fsp3) is 0.360. The molecule has 1 fully saturated rings. The molecule has 2 aromatic carbocycles. The van der Waals surface area contributed by atoms with Crippen molar-refractivity contribution < 1.29 is 18.3 Å². The predicted molar refractivity (Wildman–Crippen MR) is 132 cm³/mol. The maximum Gasteiger partial charge on any atom is 0.421 e. The first-order chi connectivity index (χ1) is 16.8. The van der Waals surface area contributed by atoms with Crippen LogP contribution in [-0.2, 0) is 12.7 Å². The number of benzene rings is 2. The van der Waals surface area contributed by atoms with Crippen LogP contribution in [0, 0.1) is 5.92 Å². The van der Waals surface area contributed by atoms with Crippen molar-refractivity contribution in [2.75, 3.05) is 16.8 Å². The van der Waals surface area contributed by atoms with Crippen molar-refractivity contribution >= 4 is 40.7 Å². The smallest absolute Gasteiger partial charge is 0.396 e. The number of nitrogens with one attached hydrogen (secondary N) is 1. The number of hydrogen-bond donors (Lipinski definition) is 2. The summed E-state index contributed by atoms with van der Waals surface area (Å²) < 4.78 is 42.4. The summed E-state index contributed by atoms with van der Waals surface area (Å²) in [6.45, 7) is 0.116. The summed E-state index contributed by atoms with van der Waals surface area (Å²) >= 11 is 12.0. The van der Waals surface area contributed by atoms with Gasteiger partial charge in [0.25, 0.3) is 0 Å². The van der Waals surface area contributed by atoms with Gasteiger partial charge in [-0.2, -0.15) is 18.2 Å². The van der Waals surface area contributed by atoms with E-state index < -0.39 is 11.7 Å². The average Bonchev–Trinajstić information content (AvgIpc) is 2.85. The van der Waals surface area contributed by atoms with Crippen LogP contribution in [0.2, 0.25) is 10.0 Å². The third-order valence-electron chi connectivity index (χ3n) is 6.22. The Morgan fingerprint density at radius 3 is 2.46 bits per heavy atom. The Hall–Kier alpha value is -2.55. The molecule has 0 radical (unpaired) electrons. The first-order valence-corrected chi connectivity index (χ1v) is 12.1. The number of halogens is 5. The Balaban J connectivity index is 1.79. The number of aliphatic hydroxyl groups excluding tert-OH is 1. The van der Waals surface area contributed by atoms with Gasteiger partial charge in [-0.1, -0.05) is 66.4 Å². The molecule has 0 spiro atoms. The highest BCUT2D eigenvalue weighted by atomic mass is 35.5. The Morgan fingerprint density at radius 1 is 1.03 bits per heavy atom. The van der Waals surface area contributed by atoms with E-state index in [2.05, 4.69) is 15.3 Å². The number of aromatic nitrogens is 2. The number of anilines is 3. The van der Waals surface area contributed by atoms with E-state index in [4.69, 9.17) is 23.2 Å². The Bertz CT molecular complexity index is 1150. The number of rotatable bonds is 7. The lowest BCUT2D eigenvalue weighted by Crippen LogP contribution is -2.45. The molecule has 2 atom stereocenters. The third-order valence-corrected chi connectivity index (χ3v) is 6.96. The maximum atomic E-state index is 14.1. The molecule has 0 saturated heterocycles. The molecule has 1 saturated carbocycles. The molecule has 2 N–H and O–H groups in total. The summed E-state index contributed by atoms with van der Waals surface area (Å²) in [6.07, 6.45) is -0.650. The number of hydrogen-bond acceptors (Lipinski definition) is 5. The lowest BCUT2D eigenvalue weighted by molar-refractivity contribution is -0.137. The first-order valence-electron chi connectivity index (χ1n) is 11.3. The summed E-state index contributed by atoms with van der Waals surface area (Å²) in [6, 6.07) is 13.8. The van der Waals surface area contributed by atoms with Crippen molar-refractivity contribution in [3.05, 3.63) is 75.9 Å². The van der Waals surface area contributed by atoms with Crippen LogP contribution in [0.1, 0.15) is 36.8 Å². The van der Waals surface area contributed by atoms with Crippen LogP contribution in [0.15, 0.2) is 54.7 Å². The van der Waals surface area contributed by atoms with Crippen LogP contribution in [0.5, 0.6) is 0 Å². The first kappa shape index (κ1) is 25.5. The fourth-order valence-electron chi connectivity index (χ4n) is 4.50. The topological polar surface area (TPSA) is 61.3 Å². The molecule has 0 aliphatic heterocycles. The molecule has 1 aliphatic rings. The number of aliphatic hydroxyl groups is 1. The molecule has 1 heterocycles. The maximum absolute atomic E-state index is 14.1. The van der Waals surface area contributed by atoms with Gasteiger partial charge in [-0.15, -0.1) is 0 Å². The number of alkyl halides is 3. The lowest BCUT2D eigenvalue weighted by atomic mass is 9.83. The van der Waals surface area contributed by atoms with Crippen molar-refractivity contribution in [2.24, 2.45) is 5.92 Å². The van der Waals surface area contributed by atoms with E-state index in [1.807, 2.05) is 30.3 Å². The minimum absolute atomic E-state index is 0.000749. The highest BCUT2D eigenvalue weighted by Crippen LogP contribution is 2.40. The van der Waals surface area contributed by atoms with Crippen LogP contribution < -0.4 is 10.2 Å². The summed E-state index contributed by atoms with van der Waals surface area (Å²) in [7, 11) is 0. The molecule has 4 rings (SSSR count). The van der Waals surface area contributed by atoms with Crippen LogP contribution >= 0.6 is 23.2 Å². The van der Waals surface area contributed by atoms with Crippen molar-refractivity contribution in [2.45, 2.75) is 44.4 Å². The Kier molecular flexibility index (Phi) is 8.04. The van der Waals surface area contributed by atoms with Gasteiger partial charge in [-0.05, 0) is 36.6 Å². The molecule has 3 aromatic rings. The molecule has 1 aromatic heterocycles.